The van der Waals surface area contributed by atoms with Crippen LogP contribution in [0.4, 0.5) is 17.5 Å². The fraction of sp³-hybridized carbons (Fsp3) is 0.375. The van der Waals surface area contributed by atoms with Crippen molar-refractivity contribution in [3.05, 3.63) is 36.0 Å². The molecular formula is C16H18N6. The van der Waals surface area contributed by atoms with E-state index in [1.807, 2.05) is 12.1 Å². The van der Waals surface area contributed by atoms with Crippen LogP contribution in [0.25, 0.3) is 0 Å². The lowest BCUT2D eigenvalue weighted by Crippen LogP contribution is -2.35. The molecule has 0 aliphatic carbocycles. The highest BCUT2D eigenvalue weighted by Crippen LogP contribution is 2.21. The SMILES string of the molecule is CC1CCCN(c2nncc(Nc3cccc(C#N)c3)n2)C1. The number of rotatable bonds is 3. The number of hydrogen-bond acceptors (Lipinski definition) is 6. The fourth-order valence-corrected chi connectivity index (χ4v) is 2.67. The van der Waals surface area contributed by atoms with Crippen LogP contribution in [0.2, 0.25) is 0 Å². The van der Waals surface area contributed by atoms with Crippen LogP contribution in [-0.2, 0) is 0 Å². The van der Waals surface area contributed by atoms with Crippen LogP contribution in [0.15, 0.2) is 30.5 Å². The molecule has 0 radical (unpaired) electrons. The minimum atomic E-state index is 0.608. The highest BCUT2D eigenvalue weighted by Gasteiger charge is 2.19. The van der Waals surface area contributed by atoms with Crippen LogP contribution in [-0.4, -0.2) is 28.3 Å². The van der Waals surface area contributed by atoms with Gasteiger partial charge in [-0.15, -0.1) is 5.10 Å². The molecule has 0 spiro atoms. The van der Waals surface area contributed by atoms with Crippen LogP contribution >= 0.6 is 0 Å². The summed E-state index contributed by atoms with van der Waals surface area (Å²) in [5.74, 6) is 1.95. The Hall–Kier alpha value is -2.68. The minimum absolute atomic E-state index is 0.608. The molecule has 1 N–H and O–H groups in total. The quantitative estimate of drug-likeness (QED) is 0.937. The van der Waals surface area contributed by atoms with Crippen molar-refractivity contribution in [2.75, 3.05) is 23.3 Å². The van der Waals surface area contributed by atoms with Gasteiger partial charge in [-0.05, 0) is 37.0 Å². The zero-order valence-corrected chi connectivity index (χ0v) is 12.5. The molecule has 0 bridgehead atoms. The first kappa shape index (κ1) is 14.3. The first-order valence-electron chi connectivity index (χ1n) is 7.46. The molecule has 1 unspecified atom stereocenters. The highest BCUT2D eigenvalue weighted by atomic mass is 15.3. The average Bonchev–Trinajstić information content (AvgIpc) is 2.55. The van der Waals surface area contributed by atoms with Crippen molar-refractivity contribution in [2.45, 2.75) is 19.8 Å². The third-order valence-electron chi connectivity index (χ3n) is 3.75. The molecule has 1 aliphatic rings. The minimum Gasteiger partial charge on any atom is -0.339 e. The summed E-state index contributed by atoms with van der Waals surface area (Å²) in [6.07, 6.45) is 4.01. The Labute approximate surface area is 129 Å². The zero-order chi connectivity index (χ0) is 15.4. The maximum absolute atomic E-state index is 8.94. The molecule has 0 saturated carbocycles. The second-order valence-corrected chi connectivity index (χ2v) is 5.65. The van der Waals surface area contributed by atoms with Gasteiger partial charge in [0.15, 0.2) is 5.82 Å². The van der Waals surface area contributed by atoms with Gasteiger partial charge in [0.05, 0.1) is 17.8 Å². The van der Waals surface area contributed by atoms with Crippen LogP contribution in [0.3, 0.4) is 0 Å². The molecule has 112 valence electrons. The van der Waals surface area contributed by atoms with E-state index in [4.69, 9.17) is 5.26 Å². The molecule has 1 saturated heterocycles. The summed E-state index contributed by atoms with van der Waals surface area (Å²) in [5.41, 5.74) is 1.43. The Balaban J connectivity index is 1.77. The predicted molar refractivity (Wildman–Crippen MR) is 84.9 cm³/mol. The second kappa shape index (κ2) is 6.39. The summed E-state index contributed by atoms with van der Waals surface area (Å²) in [5, 5.41) is 20.3. The van der Waals surface area contributed by atoms with E-state index in [0.29, 0.717) is 23.2 Å². The lowest BCUT2D eigenvalue weighted by molar-refractivity contribution is 0.441. The summed E-state index contributed by atoms with van der Waals surface area (Å²) in [4.78, 5) is 6.72. The van der Waals surface area contributed by atoms with E-state index < -0.39 is 0 Å². The van der Waals surface area contributed by atoms with Gasteiger partial charge >= 0.3 is 0 Å². The van der Waals surface area contributed by atoms with E-state index >= 15 is 0 Å². The molecule has 2 heterocycles. The molecule has 1 atom stereocenters. The Bertz CT molecular complexity index is 693. The van der Waals surface area contributed by atoms with E-state index in [0.717, 1.165) is 25.2 Å². The number of nitrogens with one attached hydrogen (secondary N) is 1. The van der Waals surface area contributed by atoms with E-state index in [2.05, 4.69) is 38.4 Å². The van der Waals surface area contributed by atoms with Crippen molar-refractivity contribution in [2.24, 2.45) is 5.92 Å². The molecular weight excluding hydrogens is 276 g/mol. The number of benzene rings is 1. The normalized spacial score (nSPS) is 17.8. The van der Waals surface area contributed by atoms with Gasteiger partial charge < -0.3 is 10.2 Å². The van der Waals surface area contributed by atoms with Crippen molar-refractivity contribution < 1.29 is 0 Å². The molecule has 1 aromatic carbocycles. The van der Waals surface area contributed by atoms with Gasteiger partial charge in [0.2, 0.25) is 5.95 Å². The van der Waals surface area contributed by atoms with Gasteiger partial charge in [0.1, 0.15) is 0 Å². The molecule has 1 aromatic heterocycles. The van der Waals surface area contributed by atoms with Crippen LogP contribution < -0.4 is 10.2 Å². The average molecular weight is 294 g/mol. The summed E-state index contributed by atoms with van der Waals surface area (Å²) < 4.78 is 0. The zero-order valence-electron chi connectivity index (χ0n) is 12.5. The topological polar surface area (TPSA) is 77.7 Å². The summed E-state index contributed by atoms with van der Waals surface area (Å²) in [7, 11) is 0. The molecule has 3 rings (SSSR count). The van der Waals surface area contributed by atoms with Crippen LogP contribution in [0, 0.1) is 17.2 Å². The lowest BCUT2D eigenvalue weighted by atomic mass is 10.0. The van der Waals surface area contributed by atoms with Gasteiger partial charge in [-0.2, -0.15) is 15.3 Å². The van der Waals surface area contributed by atoms with Crippen molar-refractivity contribution in [1.29, 1.82) is 5.26 Å². The third kappa shape index (κ3) is 3.31. The van der Waals surface area contributed by atoms with Crippen molar-refractivity contribution in [3.8, 4) is 6.07 Å². The Morgan fingerprint density at radius 2 is 2.32 bits per heavy atom. The smallest absolute Gasteiger partial charge is 0.247 e. The Morgan fingerprint density at radius 3 is 3.14 bits per heavy atom. The maximum atomic E-state index is 8.94. The van der Waals surface area contributed by atoms with E-state index in [1.165, 1.54) is 6.42 Å². The first-order valence-corrected chi connectivity index (χ1v) is 7.46. The van der Waals surface area contributed by atoms with E-state index in [1.54, 1.807) is 18.3 Å². The van der Waals surface area contributed by atoms with Crippen molar-refractivity contribution >= 4 is 17.5 Å². The summed E-state index contributed by atoms with van der Waals surface area (Å²) in [6, 6.07) is 9.41. The summed E-state index contributed by atoms with van der Waals surface area (Å²) >= 11 is 0. The molecule has 22 heavy (non-hydrogen) atoms. The largest absolute Gasteiger partial charge is 0.339 e. The first-order chi connectivity index (χ1) is 10.7. The fourth-order valence-electron chi connectivity index (χ4n) is 2.67. The Kier molecular flexibility index (Phi) is 4.15. The van der Waals surface area contributed by atoms with Gasteiger partial charge in [-0.3, -0.25) is 0 Å². The number of nitrogens with zero attached hydrogens (tertiary/aromatic N) is 5. The van der Waals surface area contributed by atoms with E-state index in [9.17, 15) is 0 Å². The molecule has 0 amide bonds. The lowest BCUT2D eigenvalue weighted by Gasteiger charge is -2.30. The second-order valence-electron chi connectivity index (χ2n) is 5.65. The standard InChI is InChI=1S/C16H18N6/c1-12-4-3-7-22(11-12)16-20-15(10-18-21-16)19-14-6-2-5-13(8-14)9-17/h2,5-6,8,10,12H,3-4,7,11H2,1H3,(H,19,20,21). The molecule has 6 nitrogen and oxygen atoms in total. The monoisotopic (exact) mass is 294 g/mol. The van der Waals surface area contributed by atoms with Crippen molar-refractivity contribution in [3.63, 3.8) is 0 Å². The highest BCUT2D eigenvalue weighted by molar-refractivity contribution is 5.58. The Morgan fingerprint density at radius 1 is 1.41 bits per heavy atom. The van der Waals surface area contributed by atoms with Gasteiger partial charge in [0, 0.05) is 18.8 Å². The number of nitriles is 1. The summed E-state index contributed by atoms with van der Waals surface area (Å²) in [6.45, 7) is 4.18. The number of hydrogen-bond donors (Lipinski definition) is 1. The van der Waals surface area contributed by atoms with Gasteiger partial charge in [-0.25, -0.2) is 0 Å². The van der Waals surface area contributed by atoms with Crippen LogP contribution in [0.5, 0.6) is 0 Å². The number of piperidine rings is 1. The van der Waals surface area contributed by atoms with E-state index in [-0.39, 0.29) is 0 Å². The molecule has 6 heteroatoms. The molecule has 2 aromatic rings. The number of aromatic nitrogens is 3. The molecule has 1 fully saturated rings. The predicted octanol–water partition coefficient (Wildman–Crippen LogP) is 2.72. The molecule has 1 aliphatic heterocycles. The number of anilines is 3. The maximum Gasteiger partial charge on any atom is 0.247 e. The van der Waals surface area contributed by atoms with Gasteiger partial charge in [-0.1, -0.05) is 13.0 Å². The van der Waals surface area contributed by atoms with Crippen LogP contribution in [0.1, 0.15) is 25.3 Å². The third-order valence-corrected chi connectivity index (χ3v) is 3.75. The van der Waals surface area contributed by atoms with Gasteiger partial charge in [0.25, 0.3) is 0 Å². The van der Waals surface area contributed by atoms with Crippen molar-refractivity contribution in [1.82, 2.24) is 15.2 Å².